The second-order valence-electron chi connectivity index (χ2n) is 3.13. The van der Waals surface area contributed by atoms with E-state index in [-0.39, 0.29) is 0 Å². The average Bonchev–Trinajstić information content (AvgIpc) is 2.19. The zero-order valence-corrected chi connectivity index (χ0v) is 8.08. The number of hydrogen-bond acceptors (Lipinski definition) is 1. The van der Waals surface area contributed by atoms with E-state index in [4.69, 9.17) is 0 Å². The standard InChI is InChI=1S/C12H14O/c1-3-10(2)8-11-4-6-12(9-13)7-5-11/h4-9H,3H2,1-2H3/b10-8-. The molecule has 0 aromatic heterocycles. The summed E-state index contributed by atoms with van der Waals surface area (Å²) in [5.41, 5.74) is 3.23. The van der Waals surface area contributed by atoms with Crippen LogP contribution in [0.2, 0.25) is 0 Å². The Bertz CT molecular complexity index is 306. The van der Waals surface area contributed by atoms with E-state index in [1.54, 1.807) is 0 Å². The number of benzene rings is 1. The van der Waals surface area contributed by atoms with Crippen LogP contribution in [0.25, 0.3) is 6.08 Å². The fourth-order valence-electron chi connectivity index (χ4n) is 1.06. The maximum absolute atomic E-state index is 10.4. The molecule has 68 valence electrons. The van der Waals surface area contributed by atoms with Gasteiger partial charge in [0.25, 0.3) is 0 Å². The molecule has 0 saturated heterocycles. The average molecular weight is 174 g/mol. The molecule has 1 aromatic carbocycles. The van der Waals surface area contributed by atoms with Gasteiger partial charge in [-0.25, -0.2) is 0 Å². The van der Waals surface area contributed by atoms with Crippen molar-refractivity contribution < 1.29 is 4.79 Å². The Balaban J connectivity index is 2.86. The van der Waals surface area contributed by atoms with Crippen molar-refractivity contribution >= 4 is 12.4 Å². The lowest BCUT2D eigenvalue weighted by Gasteiger charge is -1.97. The molecule has 0 spiro atoms. The molecule has 0 heterocycles. The molecular formula is C12H14O. The van der Waals surface area contributed by atoms with Crippen LogP contribution in [0.1, 0.15) is 36.2 Å². The summed E-state index contributed by atoms with van der Waals surface area (Å²) in [6.45, 7) is 4.24. The van der Waals surface area contributed by atoms with Gasteiger partial charge in [-0.05, 0) is 18.9 Å². The number of carbonyl (C=O) groups excluding carboxylic acids is 1. The van der Waals surface area contributed by atoms with Gasteiger partial charge in [0.05, 0.1) is 0 Å². The maximum Gasteiger partial charge on any atom is 0.150 e. The molecule has 0 radical (unpaired) electrons. The number of carbonyl (C=O) groups is 1. The predicted molar refractivity (Wildman–Crippen MR) is 55.8 cm³/mol. The molecule has 0 aliphatic heterocycles. The molecule has 0 saturated carbocycles. The molecule has 0 atom stereocenters. The van der Waals surface area contributed by atoms with E-state index in [1.807, 2.05) is 24.3 Å². The fraction of sp³-hybridized carbons (Fsp3) is 0.250. The molecule has 0 aliphatic carbocycles. The third-order valence-corrected chi connectivity index (χ3v) is 2.04. The Morgan fingerprint density at radius 2 is 1.77 bits per heavy atom. The summed E-state index contributed by atoms with van der Waals surface area (Å²) in [7, 11) is 0. The Morgan fingerprint density at radius 3 is 2.23 bits per heavy atom. The highest BCUT2D eigenvalue weighted by Crippen LogP contribution is 2.09. The Labute approximate surface area is 79.1 Å². The van der Waals surface area contributed by atoms with E-state index in [0.717, 1.165) is 23.8 Å². The van der Waals surface area contributed by atoms with E-state index >= 15 is 0 Å². The van der Waals surface area contributed by atoms with Gasteiger partial charge in [0.15, 0.2) is 0 Å². The van der Waals surface area contributed by atoms with Crippen molar-refractivity contribution in [2.24, 2.45) is 0 Å². The smallest absolute Gasteiger partial charge is 0.150 e. The van der Waals surface area contributed by atoms with Crippen LogP contribution in [0, 0.1) is 0 Å². The second-order valence-corrected chi connectivity index (χ2v) is 3.13. The minimum absolute atomic E-state index is 0.728. The lowest BCUT2D eigenvalue weighted by Crippen LogP contribution is -1.80. The van der Waals surface area contributed by atoms with Gasteiger partial charge in [0.1, 0.15) is 6.29 Å². The first-order valence-corrected chi connectivity index (χ1v) is 4.48. The van der Waals surface area contributed by atoms with Crippen molar-refractivity contribution in [2.75, 3.05) is 0 Å². The van der Waals surface area contributed by atoms with E-state index in [9.17, 15) is 4.79 Å². The lowest BCUT2D eigenvalue weighted by atomic mass is 10.1. The lowest BCUT2D eigenvalue weighted by molar-refractivity contribution is 0.112. The SMILES string of the molecule is CC/C(C)=C\c1ccc(C=O)cc1. The van der Waals surface area contributed by atoms with Crippen molar-refractivity contribution in [3.63, 3.8) is 0 Å². The van der Waals surface area contributed by atoms with Gasteiger partial charge in [-0.15, -0.1) is 0 Å². The first-order valence-electron chi connectivity index (χ1n) is 4.48. The zero-order chi connectivity index (χ0) is 9.68. The number of allylic oxidation sites excluding steroid dienone is 1. The molecule has 1 nitrogen and oxygen atoms in total. The van der Waals surface area contributed by atoms with Crippen LogP contribution in [0.5, 0.6) is 0 Å². The van der Waals surface area contributed by atoms with E-state index < -0.39 is 0 Å². The van der Waals surface area contributed by atoms with Crippen molar-refractivity contribution in [1.82, 2.24) is 0 Å². The van der Waals surface area contributed by atoms with Gasteiger partial charge in [0, 0.05) is 5.56 Å². The summed E-state index contributed by atoms with van der Waals surface area (Å²) in [6.07, 6.45) is 4.06. The van der Waals surface area contributed by atoms with Gasteiger partial charge in [-0.3, -0.25) is 4.79 Å². The first kappa shape index (κ1) is 9.72. The maximum atomic E-state index is 10.4. The van der Waals surface area contributed by atoms with Gasteiger partial charge >= 0.3 is 0 Å². The van der Waals surface area contributed by atoms with Gasteiger partial charge in [0.2, 0.25) is 0 Å². The molecule has 1 heteroatoms. The normalized spacial score (nSPS) is 11.4. The van der Waals surface area contributed by atoms with Crippen molar-refractivity contribution in [3.8, 4) is 0 Å². The summed E-state index contributed by atoms with van der Waals surface area (Å²) in [4.78, 5) is 10.4. The van der Waals surface area contributed by atoms with Crippen LogP contribution in [0.4, 0.5) is 0 Å². The Kier molecular flexibility index (Phi) is 3.44. The van der Waals surface area contributed by atoms with Gasteiger partial charge < -0.3 is 0 Å². The molecule has 13 heavy (non-hydrogen) atoms. The van der Waals surface area contributed by atoms with Crippen LogP contribution in [-0.2, 0) is 0 Å². The summed E-state index contributed by atoms with van der Waals surface area (Å²) >= 11 is 0. The first-order chi connectivity index (χ1) is 6.26. The number of hydrogen-bond donors (Lipinski definition) is 0. The number of rotatable bonds is 3. The summed E-state index contributed by atoms with van der Waals surface area (Å²) < 4.78 is 0. The fourth-order valence-corrected chi connectivity index (χ4v) is 1.06. The highest BCUT2D eigenvalue weighted by molar-refractivity contribution is 5.75. The largest absolute Gasteiger partial charge is 0.298 e. The molecular weight excluding hydrogens is 160 g/mol. The summed E-state index contributed by atoms with van der Waals surface area (Å²) in [5.74, 6) is 0. The minimum Gasteiger partial charge on any atom is -0.298 e. The Morgan fingerprint density at radius 1 is 1.23 bits per heavy atom. The van der Waals surface area contributed by atoms with Crippen molar-refractivity contribution in [2.45, 2.75) is 20.3 Å². The van der Waals surface area contributed by atoms with Crippen LogP contribution >= 0.6 is 0 Å². The van der Waals surface area contributed by atoms with E-state index in [1.165, 1.54) is 5.57 Å². The molecule has 0 amide bonds. The van der Waals surface area contributed by atoms with Crippen molar-refractivity contribution in [3.05, 3.63) is 41.0 Å². The van der Waals surface area contributed by atoms with Gasteiger partial charge in [-0.2, -0.15) is 0 Å². The van der Waals surface area contributed by atoms with Crippen LogP contribution in [-0.4, -0.2) is 6.29 Å². The molecule has 0 fully saturated rings. The zero-order valence-electron chi connectivity index (χ0n) is 8.08. The highest BCUT2D eigenvalue weighted by atomic mass is 16.1. The number of aldehydes is 1. The molecule has 0 aliphatic rings. The summed E-state index contributed by atoms with van der Waals surface area (Å²) in [6, 6.07) is 7.59. The van der Waals surface area contributed by atoms with Crippen LogP contribution < -0.4 is 0 Å². The molecule has 1 rings (SSSR count). The third-order valence-electron chi connectivity index (χ3n) is 2.04. The molecule has 0 N–H and O–H groups in total. The van der Waals surface area contributed by atoms with Crippen LogP contribution in [0.15, 0.2) is 29.8 Å². The highest BCUT2D eigenvalue weighted by Gasteiger charge is 1.90. The second kappa shape index (κ2) is 4.61. The predicted octanol–water partition coefficient (Wildman–Crippen LogP) is 3.31. The van der Waals surface area contributed by atoms with E-state index in [0.29, 0.717) is 0 Å². The van der Waals surface area contributed by atoms with Crippen LogP contribution in [0.3, 0.4) is 0 Å². The molecule has 0 bridgehead atoms. The summed E-state index contributed by atoms with van der Waals surface area (Å²) in [5, 5.41) is 0. The molecule has 0 unspecified atom stereocenters. The topological polar surface area (TPSA) is 17.1 Å². The van der Waals surface area contributed by atoms with E-state index in [2.05, 4.69) is 19.9 Å². The Hall–Kier alpha value is -1.37. The van der Waals surface area contributed by atoms with Crippen molar-refractivity contribution in [1.29, 1.82) is 0 Å². The minimum atomic E-state index is 0.728. The third kappa shape index (κ3) is 2.86. The quantitative estimate of drug-likeness (QED) is 0.642. The van der Waals surface area contributed by atoms with Gasteiger partial charge in [-0.1, -0.05) is 42.8 Å². The molecule has 1 aromatic rings. The monoisotopic (exact) mass is 174 g/mol.